The van der Waals surface area contributed by atoms with E-state index in [1.54, 1.807) is 0 Å². The van der Waals surface area contributed by atoms with E-state index in [1.807, 2.05) is 0 Å². The number of hydrogen-bond donors (Lipinski definition) is 1. The maximum atomic E-state index is 3.75. The molecule has 106 valence electrons. The molecule has 0 amide bonds. The molecule has 3 rings (SSSR count). The van der Waals surface area contributed by atoms with Gasteiger partial charge in [-0.2, -0.15) is 0 Å². The molecule has 0 aromatic heterocycles. The number of nitrogens with one attached hydrogen (secondary N) is 1. The largest absolute Gasteiger partial charge is 0.310 e. The Morgan fingerprint density at radius 2 is 1.89 bits per heavy atom. The van der Waals surface area contributed by atoms with Crippen LogP contribution in [0.25, 0.3) is 0 Å². The molecule has 3 heteroatoms. The van der Waals surface area contributed by atoms with Crippen LogP contribution in [0.5, 0.6) is 0 Å². The number of aryl methyl sites for hydroxylation is 2. The average molecular weight is 281 g/mol. The van der Waals surface area contributed by atoms with Crippen molar-refractivity contribution < 1.29 is 0 Å². The van der Waals surface area contributed by atoms with E-state index < -0.39 is 0 Å². The lowest BCUT2D eigenvalue weighted by atomic mass is 10.0. The molecule has 2 heterocycles. The number of likely N-dealkylation sites (tertiary alicyclic amines) is 1. The lowest BCUT2D eigenvalue weighted by Gasteiger charge is -2.24. The number of nitrogens with zero attached hydrogens (tertiary/aromatic N) is 1. The van der Waals surface area contributed by atoms with Crippen LogP contribution in [0.1, 0.15) is 36.0 Å². The fourth-order valence-electron chi connectivity index (χ4n) is 3.32. The van der Waals surface area contributed by atoms with Gasteiger partial charge in [-0.15, -0.1) is 12.4 Å². The van der Waals surface area contributed by atoms with Gasteiger partial charge in [0.25, 0.3) is 0 Å². The SMILES string of the molecule is Cc1ccc(CN2CCC3CCC(C2)N3)cc1C.Cl. The number of rotatable bonds is 2. The maximum absolute atomic E-state index is 3.75. The van der Waals surface area contributed by atoms with E-state index in [0.717, 1.165) is 18.6 Å². The first-order valence-electron chi connectivity index (χ1n) is 7.25. The standard InChI is InChI=1S/C16H24N2.ClH/c1-12-3-4-14(9-13(12)2)10-18-8-7-15-5-6-16(11-18)17-15;/h3-4,9,15-17H,5-8,10-11H2,1-2H3;1H. The molecule has 2 atom stereocenters. The smallest absolute Gasteiger partial charge is 0.0234 e. The molecule has 0 saturated carbocycles. The van der Waals surface area contributed by atoms with E-state index in [0.29, 0.717) is 0 Å². The van der Waals surface area contributed by atoms with Gasteiger partial charge in [0.05, 0.1) is 0 Å². The average Bonchev–Trinajstić information content (AvgIpc) is 2.68. The van der Waals surface area contributed by atoms with Crippen molar-refractivity contribution in [2.75, 3.05) is 13.1 Å². The minimum absolute atomic E-state index is 0. The highest BCUT2D eigenvalue weighted by molar-refractivity contribution is 5.85. The molecular weight excluding hydrogens is 256 g/mol. The molecule has 2 fully saturated rings. The molecular formula is C16H25ClN2. The van der Waals surface area contributed by atoms with Crippen LogP contribution in [-0.4, -0.2) is 30.1 Å². The van der Waals surface area contributed by atoms with E-state index in [9.17, 15) is 0 Å². The Labute approximate surface area is 123 Å². The van der Waals surface area contributed by atoms with Crippen molar-refractivity contribution in [3.05, 3.63) is 34.9 Å². The molecule has 0 spiro atoms. The number of fused-ring (bicyclic) bond motifs is 2. The monoisotopic (exact) mass is 280 g/mol. The molecule has 0 radical (unpaired) electrons. The maximum Gasteiger partial charge on any atom is 0.0234 e. The summed E-state index contributed by atoms with van der Waals surface area (Å²) in [5, 5.41) is 3.75. The quantitative estimate of drug-likeness (QED) is 0.896. The first-order chi connectivity index (χ1) is 8.70. The van der Waals surface area contributed by atoms with Crippen molar-refractivity contribution in [3.8, 4) is 0 Å². The van der Waals surface area contributed by atoms with E-state index >= 15 is 0 Å². The zero-order chi connectivity index (χ0) is 12.5. The van der Waals surface area contributed by atoms with E-state index in [1.165, 1.54) is 49.0 Å². The van der Waals surface area contributed by atoms with Crippen molar-refractivity contribution in [1.29, 1.82) is 0 Å². The van der Waals surface area contributed by atoms with Crippen molar-refractivity contribution in [2.45, 2.75) is 51.7 Å². The lowest BCUT2D eigenvalue weighted by Crippen LogP contribution is -2.34. The van der Waals surface area contributed by atoms with Crippen molar-refractivity contribution in [1.82, 2.24) is 10.2 Å². The normalized spacial score (nSPS) is 26.8. The van der Waals surface area contributed by atoms with Gasteiger partial charge in [0, 0.05) is 31.7 Å². The number of benzene rings is 1. The molecule has 2 nitrogen and oxygen atoms in total. The summed E-state index contributed by atoms with van der Waals surface area (Å²) in [6, 6.07) is 8.43. The zero-order valence-corrected chi connectivity index (χ0v) is 12.8. The van der Waals surface area contributed by atoms with E-state index in [2.05, 4.69) is 42.3 Å². The van der Waals surface area contributed by atoms with Gasteiger partial charge in [-0.25, -0.2) is 0 Å². The van der Waals surface area contributed by atoms with E-state index in [-0.39, 0.29) is 12.4 Å². The van der Waals surface area contributed by atoms with Crippen LogP contribution in [0.2, 0.25) is 0 Å². The Balaban J connectivity index is 0.00000133. The van der Waals surface area contributed by atoms with Gasteiger partial charge in [0.2, 0.25) is 0 Å². The summed E-state index contributed by atoms with van der Waals surface area (Å²) >= 11 is 0. The Morgan fingerprint density at radius 1 is 1.11 bits per heavy atom. The minimum Gasteiger partial charge on any atom is -0.310 e. The molecule has 2 saturated heterocycles. The predicted molar refractivity (Wildman–Crippen MR) is 83.0 cm³/mol. The lowest BCUT2D eigenvalue weighted by molar-refractivity contribution is 0.251. The van der Waals surface area contributed by atoms with Gasteiger partial charge < -0.3 is 5.32 Å². The summed E-state index contributed by atoms with van der Waals surface area (Å²) in [7, 11) is 0. The molecule has 19 heavy (non-hydrogen) atoms. The highest BCUT2D eigenvalue weighted by Crippen LogP contribution is 2.22. The molecule has 1 N–H and O–H groups in total. The third-order valence-electron chi connectivity index (χ3n) is 4.58. The first kappa shape index (κ1) is 14.8. The highest BCUT2D eigenvalue weighted by Gasteiger charge is 2.28. The van der Waals surface area contributed by atoms with Gasteiger partial charge in [0.1, 0.15) is 0 Å². The molecule has 0 aliphatic carbocycles. The van der Waals surface area contributed by atoms with Gasteiger partial charge in [-0.05, 0) is 49.8 Å². The Kier molecular flexibility index (Phi) is 4.88. The van der Waals surface area contributed by atoms with Crippen LogP contribution in [0.15, 0.2) is 18.2 Å². The molecule has 1 aromatic carbocycles. The van der Waals surface area contributed by atoms with E-state index in [4.69, 9.17) is 0 Å². The Morgan fingerprint density at radius 3 is 2.68 bits per heavy atom. The topological polar surface area (TPSA) is 15.3 Å². The predicted octanol–water partition coefficient (Wildman–Crippen LogP) is 3.05. The minimum atomic E-state index is 0. The van der Waals surface area contributed by atoms with Gasteiger partial charge >= 0.3 is 0 Å². The first-order valence-corrected chi connectivity index (χ1v) is 7.25. The fraction of sp³-hybridized carbons (Fsp3) is 0.625. The number of halogens is 1. The highest BCUT2D eigenvalue weighted by atomic mass is 35.5. The Bertz CT molecular complexity index is 433. The van der Waals surface area contributed by atoms with Gasteiger partial charge in [-0.1, -0.05) is 18.2 Å². The summed E-state index contributed by atoms with van der Waals surface area (Å²) in [6.07, 6.45) is 4.08. The summed E-state index contributed by atoms with van der Waals surface area (Å²) in [6.45, 7) is 8.00. The van der Waals surface area contributed by atoms with Crippen LogP contribution in [0.4, 0.5) is 0 Å². The van der Waals surface area contributed by atoms with Crippen molar-refractivity contribution in [3.63, 3.8) is 0 Å². The van der Waals surface area contributed by atoms with Crippen LogP contribution in [0.3, 0.4) is 0 Å². The molecule has 1 aromatic rings. The van der Waals surface area contributed by atoms with Crippen LogP contribution < -0.4 is 5.32 Å². The second kappa shape index (κ2) is 6.25. The summed E-state index contributed by atoms with van der Waals surface area (Å²) in [4.78, 5) is 2.63. The van der Waals surface area contributed by atoms with Crippen LogP contribution in [-0.2, 0) is 6.54 Å². The second-order valence-electron chi connectivity index (χ2n) is 6.08. The van der Waals surface area contributed by atoms with Crippen molar-refractivity contribution >= 4 is 12.4 Å². The van der Waals surface area contributed by atoms with Crippen molar-refractivity contribution in [2.24, 2.45) is 0 Å². The Hall–Kier alpha value is -0.570. The summed E-state index contributed by atoms with van der Waals surface area (Å²) < 4.78 is 0. The molecule has 2 bridgehead atoms. The second-order valence-corrected chi connectivity index (χ2v) is 6.08. The van der Waals surface area contributed by atoms with Gasteiger partial charge in [-0.3, -0.25) is 4.90 Å². The third-order valence-corrected chi connectivity index (χ3v) is 4.58. The molecule has 2 aliphatic rings. The summed E-state index contributed by atoms with van der Waals surface area (Å²) in [5.74, 6) is 0. The van der Waals surface area contributed by atoms with Crippen LogP contribution in [0, 0.1) is 13.8 Å². The zero-order valence-electron chi connectivity index (χ0n) is 12.0. The number of hydrogen-bond acceptors (Lipinski definition) is 2. The van der Waals surface area contributed by atoms with Crippen LogP contribution >= 0.6 is 12.4 Å². The molecule has 2 unspecified atom stereocenters. The molecule has 2 aliphatic heterocycles. The van der Waals surface area contributed by atoms with Gasteiger partial charge in [0.15, 0.2) is 0 Å². The third kappa shape index (κ3) is 3.50. The fourth-order valence-corrected chi connectivity index (χ4v) is 3.32. The summed E-state index contributed by atoms with van der Waals surface area (Å²) in [5.41, 5.74) is 4.29.